The van der Waals surface area contributed by atoms with Crippen LogP contribution in [0.15, 0.2) is 86.0 Å². The van der Waals surface area contributed by atoms with Crippen molar-refractivity contribution in [3.05, 3.63) is 86.0 Å². The van der Waals surface area contributed by atoms with Gasteiger partial charge in [0.15, 0.2) is 0 Å². The summed E-state index contributed by atoms with van der Waals surface area (Å²) in [5.41, 5.74) is 0. The number of benzene rings is 2. The van der Waals surface area contributed by atoms with Crippen LogP contribution < -0.4 is 4.74 Å². The molecule has 2 aromatic carbocycles. The third-order valence-corrected chi connectivity index (χ3v) is 7.25. The van der Waals surface area contributed by atoms with Crippen molar-refractivity contribution in [3.8, 4) is 11.5 Å². The Morgan fingerprint density at radius 1 is 0.415 bits per heavy atom. The van der Waals surface area contributed by atoms with Gasteiger partial charge in [-0.05, 0) is 49.9 Å². The Kier molecular flexibility index (Phi) is 32.0. The van der Waals surface area contributed by atoms with E-state index in [1.165, 1.54) is 141 Å². The number of para-hydroxylation sites is 2. The average molecular weight is 563 g/mol. The molecule has 0 aromatic heterocycles. The number of allylic oxidation sites excluding steroid dienone is 2. The topological polar surface area (TPSA) is 9.23 Å². The van der Waals surface area contributed by atoms with E-state index in [2.05, 4.69) is 27.0 Å². The van der Waals surface area contributed by atoms with Crippen molar-refractivity contribution in [3.63, 3.8) is 0 Å². The second-order valence-electron chi connectivity index (χ2n) is 11.2. The summed E-state index contributed by atoms with van der Waals surface area (Å²) in [7, 11) is 0. The fourth-order valence-corrected chi connectivity index (χ4v) is 4.67. The predicted octanol–water partition coefficient (Wildman–Crippen LogP) is 14.4. The van der Waals surface area contributed by atoms with Gasteiger partial charge in [0.1, 0.15) is 11.5 Å². The zero-order chi connectivity index (χ0) is 29.9. The Morgan fingerprint density at radius 2 is 0.683 bits per heavy atom. The van der Waals surface area contributed by atoms with Crippen molar-refractivity contribution in [2.75, 3.05) is 0 Å². The van der Waals surface area contributed by atoms with Gasteiger partial charge in [-0.3, -0.25) is 0 Å². The molecule has 0 saturated carbocycles. The maximum atomic E-state index is 5.58. The van der Waals surface area contributed by atoms with Crippen LogP contribution in [0.3, 0.4) is 0 Å². The van der Waals surface area contributed by atoms with Crippen molar-refractivity contribution in [1.82, 2.24) is 0 Å². The lowest BCUT2D eigenvalue weighted by atomic mass is 10.1. The highest BCUT2D eigenvalue weighted by atomic mass is 16.5. The van der Waals surface area contributed by atoms with Crippen LogP contribution in [0.4, 0.5) is 0 Å². The van der Waals surface area contributed by atoms with Gasteiger partial charge in [-0.1, -0.05) is 178 Å². The monoisotopic (exact) mass is 563 g/mol. The Hall–Kier alpha value is -2.28. The van der Waals surface area contributed by atoms with Crippen LogP contribution in [-0.2, 0) is 0 Å². The van der Waals surface area contributed by atoms with E-state index in [4.69, 9.17) is 4.74 Å². The maximum absolute atomic E-state index is 5.58. The Balaban J connectivity index is 0.000000585. The number of rotatable bonds is 24. The fraction of sp³-hybridized carbons (Fsp3) is 0.600. The number of hydrogen-bond acceptors (Lipinski definition) is 1. The molecule has 2 rings (SSSR count). The lowest BCUT2D eigenvalue weighted by molar-refractivity contribution is 0.482. The first kappa shape index (κ1) is 38.7. The van der Waals surface area contributed by atoms with E-state index < -0.39 is 0 Å². The summed E-state index contributed by atoms with van der Waals surface area (Å²) in [5.74, 6) is 1.74. The molecule has 0 aliphatic heterocycles. The highest BCUT2D eigenvalue weighted by molar-refractivity contribution is 5.30. The third kappa shape index (κ3) is 30.5. The molecular weight excluding hydrogens is 496 g/mol. The predicted molar refractivity (Wildman–Crippen MR) is 186 cm³/mol. The van der Waals surface area contributed by atoms with E-state index >= 15 is 0 Å². The zero-order valence-electron chi connectivity index (χ0n) is 27.3. The largest absolute Gasteiger partial charge is 0.457 e. The Bertz CT molecular complexity index is 685. The molecule has 41 heavy (non-hydrogen) atoms. The first-order valence-corrected chi connectivity index (χ1v) is 17.3. The molecule has 0 aliphatic rings. The molecule has 0 fully saturated rings. The molecule has 0 saturated heterocycles. The molecule has 0 N–H and O–H groups in total. The molecule has 0 unspecified atom stereocenters. The van der Waals surface area contributed by atoms with Crippen LogP contribution in [-0.4, -0.2) is 0 Å². The fourth-order valence-electron chi connectivity index (χ4n) is 4.67. The average Bonchev–Trinajstić information content (AvgIpc) is 3.01. The Labute approximate surface area is 256 Å². The van der Waals surface area contributed by atoms with Gasteiger partial charge in [0.05, 0.1) is 0 Å². The van der Waals surface area contributed by atoms with Crippen LogP contribution in [0, 0.1) is 0 Å². The first-order valence-electron chi connectivity index (χ1n) is 17.3. The highest BCUT2D eigenvalue weighted by Crippen LogP contribution is 2.19. The molecule has 232 valence electrons. The quantitative estimate of drug-likeness (QED) is 0.0913. The second-order valence-corrected chi connectivity index (χ2v) is 11.2. The molecule has 0 radical (unpaired) electrons. The first-order chi connectivity index (χ1) is 20.3. The van der Waals surface area contributed by atoms with Crippen LogP contribution >= 0.6 is 0 Å². The minimum atomic E-state index is 0.869. The molecule has 1 heteroatoms. The minimum absolute atomic E-state index is 0.869. The zero-order valence-corrected chi connectivity index (χ0v) is 27.3. The Morgan fingerprint density at radius 3 is 0.951 bits per heavy atom. The van der Waals surface area contributed by atoms with E-state index in [0.717, 1.165) is 11.5 Å². The SMILES string of the molecule is C=CCCCCCCCCCCCC.C=CCCCCCCCCCCCC.c1ccc(Oc2ccccc2)cc1. The maximum Gasteiger partial charge on any atom is 0.127 e. The summed E-state index contributed by atoms with van der Waals surface area (Å²) in [4.78, 5) is 0. The van der Waals surface area contributed by atoms with Gasteiger partial charge in [-0.2, -0.15) is 0 Å². The molecule has 0 amide bonds. The number of ether oxygens (including phenoxy) is 1. The summed E-state index contributed by atoms with van der Waals surface area (Å²) in [5, 5.41) is 0. The van der Waals surface area contributed by atoms with Crippen molar-refractivity contribution in [1.29, 1.82) is 0 Å². The summed E-state index contributed by atoms with van der Waals surface area (Å²) >= 11 is 0. The van der Waals surface area contributed by atoms with E-state index in [0.29, 0.717) is 0 Å². The summed E-state index contributed by atoms with van der Waals surface area (Å²) in [6.45, 7) is 12.0. The van der Waals surface area contributed by atoms with Crippen LogP contribution in [0.25, 0.3) is 0 Å². The molecule has 0 heterocycles. The molecule has 0 atom stereocenters. The van der Waals surface area contributed by atoms with E-state index in [1.807, 2.05) is 72.8 Å². The molecular formula is C40H66O. The number of unbranched alkanes of at least 4 members (excludes halogenated alkanes) is 20. The van der Waals surface area contributed by atoms with E-state index in [1.54, 1.807) is 0 Å². The molecule has 2 aromatic rings. The summed E-state index contributed by atoms with van der Waals surface area (Å²) in [6, 6.07) is 19.5. The van der Waals surface area contributed by atoms with E-state index in [-0.39, 0.29) is 0 Å². The molecule has 0 aliphatic carbocycles. The van der Waals surface area contributed by atoms with Crippen molar-refractivity contribution >= 4 is 0 Å². The van der Waals surface area contributed by atoms with Gasteiger partial charge in [0, 0.05) is 0 Å². The normalized spacial score (nSPS) is 10.1. The van der Waals surface area contributed by atoms with Gasteiger partial charge in [-0.15, -0.1) is 13.2 Å². The van der Waals surface area contributed by atoms with Crippen molar-refractivity contribution in [2.24, 2.45) is 0 Å². The van der Waals surface area contributed by atoms with E-state index in [9.17, 15) is 0 Å². The standard InChI is InChI=1S/2C14H28.C12H10O/c2*1-3-5-7-9-11-13-14-12-10-8-6-4-2;1-3-7-11(8-4-1)13-12-9-5-2-6-10-12/h2*3H,1,4-14H2,2H3;1-10H. The highest BCUT2D eigenvalue weighted by Gasteiger charge is 1.94. The third-order valence-electron chi connectivity index (χ3n) is 7.25. The lowest BCUT2D eigenvalue weighted by Crippen LogP contribution is -1.81. The summed E-state index contributed by atoms with van der Waals surface area (Å²) < 4.78 is 5.58. The summed E-state index contributed by atoms with van der Waals surface area (Å²) in [6.07, 6.45) is 35.0. The van der Waals surface area contributed by atoms with Gasteiger partial charge in [-0.25, -0.2) is 0 Å². The molecule has 0 bridgehead atoms. The second kappa shape index (κ2) is 33.9. The van der Waals surface area contributed by atoms with Crippen LogP contribution in [0.5, 0.6) is 11.5 Å². The number of hydrogen-bond donors (Lipinski definition) is 0. The smallest absolute Gasteiger partial charge is 0.127 e. The van der Waals surface area contributed by atoms with Crippen LogP contribution in [0.1, 0.15) is 155 Å². The molecule has 0 spiro atoms. The van der Waals surface area contributed by atoms with Gasteiger partial charge in [0.25, 0.3) is 0 Å². The van der Waals surface area contributed by atoms with Gasteiger partial charge in [0.2, 0.25) is 0 Å². The lowest BCUT2D eigenvalue weighted by Gasteiger charge is -2.03. The minimum Gasteiger partial charge on any atom is -0.457 e. The van der Waals surface area contributed by atoms with Crippen molar-refractivity contribution in [2.45, 2.75) is 155 Å². The van der Waals surface area contributed by atoms with Gasteiger partial charge < -0.3 is 4.74 Å². The van der Waals surface area contributed by atoms with Gasteiger partial charge >= 0.3 is 0 Å². The molecule has 1 nitrogen and oxygen atoms in total. The van der Waals surface area contributed by atoms with Crippen LogP contribution in [0.2, 0.25) is 0 Å². The van der Waals surface area contributed by atoms with Crippen molar-refractivity contribution < 1.29 is 4.74 Å².